The molecule has 0 atom stereocenters. The van der Waals surface area contributed by atoms with Crippen molar-refractivity contribution in [1.29, 1.82) is 0 Å². The second kappa shape index (κ2) is 8.73. The van der Waals surface area contributed by atoms with Crippen molar-refractivity contribution >= 4 is 11.6 Å². The predicted octanol–water partition coefficient (Wildman–Crippen LogP) is 4.65. The smallest absolute Gasteiger partial charge is 0.416 e. The minimum absolute atomic E-state index is 0.0444. The predicted molar refractivity (Wildman–Crippen MR) is 103 cm³/mol. The number of carbonyl (C=O) groups is 1. The number of nitrogens with one attached hydrogen (secondary N) is 1. The van der Waals surface area contributed by atoms with Crippen LogP contribution in [0, 0.1) is 0 Å². The largest absolute Gasteiger partial charge is 0.503 e. The Labute approximate surface area is 169 Å². The van der Waals surface area contributed by atoms with E-state index in [1.807, 2.05) is 0 Å². The van der Waals surface area contributed by atoms with Crippen molar-refractivity contribution in [2.45, 2.75) is 12.8 Å². The third kappa shape index (κ3) is 4.99. The summed E-state index contributed by atoms with van der Waals surface area (Å²) in [5, 5.41) is 12.6. The van der Waals surface area contributed by atoms with Gasteiger partial charge in [0, 0.05) is 18.0 Å². The summed E-state index contributed by atoms with van der Waals surface area (Å²) < 4.78 is 48.7. The number of methoxy groups -OCH3 is 1. The van der Waals surface area contributed by atoms with Gasteiger partial charge in [-0.15, -0.1) is 0 Å². The monoisotopic (exact) mass is 418 g/mol. The summed E-state index contributed by atoms with van der Waals surface area (Å²) in [4.78, 5) is 16.1. The Hall–Kier alpha value is -3.75. The first-order chi connectivity index (χ1) is 14.3. The van der Waals surface area contributed by atoms with E-state index < -0.39 is 17.6 Å². The third-order valence-corrected chi connectivity index (χ3v) is 4.09. The molecule has 2 aromatic carbocycles. The van der Waals surface area contributed by atoms with Gasteiger partial charge in [-0.25, -0.2) is 4.98 Å². The zero-order chi connectivity index (χ0) is 21.7. The Morgan fingerprint density at radius 1 is 1.13 bits per heavy atom. The molecule has 0 spiro atoms. The van der Waals surface area contributed by atoms with Crippen LogP contribution in [-0.2, 0) is 12.8 Å². The number of ether oxygens (including phenoxy) is 2. The molecule has 0 radical (unpaired) electrons. The summed E-state index contributed by atoms with van der Waals surface area (Å²) in [6.07, 6.45) is -3.08. The average Bonchev–Trinajstić information content (AvgIpc) is 2.73. The Balaban J connectivity index is 1.62. The molecule has 1 heterocycles. The molecule has 0 bridgehead atoms. The van der Waals surface area contributed by atoms with Crippen LogP contribution in [-0.4, -0.2) is 23.1 Å². The molecule has 0 aliphatic heterocycles. The number of anilines is 1. The van der Waals surface area contributed by atoms with Crippen molar-refractivity contribution in [2.24, 2.45) is 0 Å². The zero-order valence-electron chi connectivity index (χ0n) is 15.7. The number of nitrogens with zero attached hydrogens (tertiary/aromatic N) is 1. The summed E-state index contributed by atoms with van der Waals surface area (Å²) in [6, 6.07) is 12.5. The van der Waals surface area contributed by atoms with Crippen LogP contribution in [0.25, 0.3) is 0 Å². The van der Waals surface area contributed by atoms with Crippen molar-refractivity contribution in [1.82, 2.24) is 4.98 Å². The maximum absolute atomic E-state index is 12.8. The van der Waals surface area contributed by atoms with E-state index in [1.54, 1.807) is 24.3 Å². The minimum atomic E-state index is -4.41. The summed E-state index contributed by atoms with van der Waals surface area (Å²) in [5.41, 5.74) is -0.146. The van der Waals surface area contributed by atoms with Crippen LogP contribution in [0.15, 0.2) is 60.8 Å². The van der Waals surface area contributed by atoms with Gasteiger partial charge >= 0.3 is 6.18 Å². The highest BCUT2D eigenvalue weighted by molar-refractivity contribution is 6.05. The Kier molecular flexibility index (Phi) is 6.10. The molecule has 156 valence electrons. The maximum atomic E-state index is 12.8. The van der Waals surface area contributed by atoms with E-state index in [4.69, 9.17) is 9.47 Å². The number of benzene rings is 2. The first-order valence-corrected chi connectivity index (χ1v) is 8.70. The van der Waals surface area contributed by atoms with Gasteiger partial charge < -0.3 is 19.9 Å². The first-order valence-electron chi connectivity index (χ1n) is 8.70. The fourth-order valence-corrected chi connectivity index (χ4v) is 2.60. The van der Waals surface area contributed by atoms with Gasteiger partial charge in [-0.05, 0) is 42.0 Å². The molecular formula is C21H17F3N2O4. The number of aromatic hydroxyl groups is 1. The van der Waals surface area contributed by atoms with Crippen molar-refractivity contribution in [3.63, 3.8) is 0 Å². The van der Waals surface area contributed by atoms with Crippen molar-refractivity contribution in [3.05, 3.63) is 77.6 Å². The second-order valence-electron chi connectivity index (χ2n) is 6.18. The van der Waals surface area contributed by atoms with Gasteiger partial charge in [-0.3, -0.25) is 4.79 Å². The topological polar surface area (TPSA) is 80.7 Å². The average molecular weight is 418 g/mol. The van der Waals surface area contributed by atoms with Gasteiger partial charge in [0.05, 0.1) is 12.7 Å². The molecule has 0 fully saturated rings. The molecule has 6 nitrogen and oxygen atoms in total. The molecule has 3 rings (SSSR count). The first kappa shape index (κ1) is 21.0. The number of pyridine rings is 1. The van der Waals surface area contributed by atoms with E-state index in [-0.39, 0.29) is 23.8 Å². The van der Waals surface area contributed by atoms with Crippen LogP contribution in [0.3, 0.4) is 0 Å². The SMILES string of the molecule is COc1ccnc(C(=O)Nc2ccc(OCc3cccc(C(F)(F)F)c3)cc2)c1O. The van der Waals surface area contributed by atoms with Crippen molar-refractivity contribution < 1.29 is 32.5 Å². The Bertz CT molecular complexity index is 1040. The van der Waals surface area contributed by atoms with Crippen LogP contribution in [0.2, 0.25) is 0 Å². The molecule has 0 aliphatic rings. The highest BCUT2D eigenvalue weighted by Gasteiger charge is 2.30. The van der Waals surface area contributed by atoms with E-state index in [1.165, 1.54) is 31.5 Å². The number of alkyl halides is 3. The summed E-state index contributed by atoms with van der Waals surface area (Å²) in [7, 11) is 1.36. The van der Waals surface area contributed by atoms with E-state index in [9.17, 15) is 23.1 Å². The molecule has 1 amide bonds. The fraction of sp³-hybridized carbons (Fsp3) is 0.143. The molecule has 9 heteroatoms. The van der Waals surface area contributed by atoms with E-state index in [0.717, 1.165) is 12.1 Å². The van der Waals surface area contributed by atoms with E-state index >= 15 is 0 Å². The van der Waals surface area contributed by atoms with Gasteiger partial charge in [0.1, 0.15) is 12.4 Å². The number of halogens is 3. The summed E-state index contributed by atoms with van der Waals surface area (Å²) in [6.45, 7) is -0.0444. The molecule has 30 heavy (non-hydrogen) atoms. The van der Waals surface area contributed by atoms with Crippen LogP contribution in [0.4, 0.5) is 18.9 Å². The highest BCUT2D eigenvalue weighted by Crippen LogP contribution is 2.30. The summed E-state index contributed by atoms with van der Waals surface area (Å²) in [5.74, 6) is -0.483. The molecule has 0 unspecified atom stereocenters. The lowest BCUT2D eigenvalue weighted by molar-refractivity contribution is -0.137. The van der Waals surface area contributed by atoms with Gasteiger partial charge in [-0.2, -0.15) is 13.2 Å². The number of hydrogen-bond donors (Lipinski definition) is 2. The Morgan fingerprint density at radius 2 is 1.87 bits per heavy atom. The summed E-state index contributed by atoms with van der Waals surface area (Å²) >= 11 is 0. The second-order valence-corrected chi connectivity index (χ2v) is 6.18. The van der Waals surface area contributed by atoms with Crippen LogP contribution in [0.5, 0.6) is 17.2 Å². The molecule has 0 aliphatic carbocycles. The number of rotatable bonds is 6. The number of aromatic nitrogens is 1. The molecular weight excluding hydrogens is 401 g/mol. The zero-order valence-corrected chi connectivity index (χ0v) is 15.7. The maximum Gasteiger partial charge on any atom is 0.416 e. The molecule has 0 saturated carbocycles. The van der Waals surface area contributed by atoms with Gasteiger partial charge in [0.15, 0.2) is 17.2 Å². The number of amides is 1. The van der Waals surface area contributed by atoms with Crippen LogP contribution >= 0.6 is 0 Å². The van der Waals surface area contributed by atoms with Crippen LogP contribution in [0.1, 0.15) is 21.6 Å². The number of hydrogen-bond acceptors (Lipinski definition) is 5. The highest BCUT2D eigenvalue weighted by atomic mass is 19.4. The van der Waals surface area contributed by atoms with Gasteiger partial charge in [-0.1, -0.05) is 12.1 Å². The lowest BCUT2D eigenvalue weighted by atomic mass is 10.1. The van der Waals surface area contributed by atoms with E-state index in [0.29, 0.717) is 17.0 Å². The number of carbonyl (C=O) groups excluding carboxylic acids is 1. The normalized spacial score (nSPS) is 11.1. The minimum Gasteiger partial charge on any atom is -0.503 e. The van der Waals surface area contributed by atoms with Gasteiger partial charge in [0.25, 0.3) is 5.91 Å². The molecule has 0 saturated heterocycles. The fourth-order valence-electron chi connectivity index (χ4n) is 2.60. The van der Waals surface area contributed by atoms with Crippen molar-refractivity contribution in [3.8, 4) is 17.2 Å². The molecule has 3 aromatic rings. The van der Waals surface area contributed by atoms with Crippen molar-refractivity contribution in [2.75, 3.05) is 12.4 Å². The quantitative estimate of drug-likeness (QED) is 0.609. The lowest BCUT2D eigenvalue weighted by Gasteiger charge is -2.11. The van der Waals surface area contributed by atoms with E-state index in [2.05, 4.69) is 10.3 Å². The van der Waals surface area contributed by atoms with Gasteiger partial charge in [0.2, 0.25) is 0 Å². The standard InChI is InChI=1S/C21H17F3N2O4/c1-29-17-9-10-25-18(19(17)27)20(28)26-15-5-7-16(8-6-15)30-12-13-3-2-4-14(11-13)21(22,23)24/h2-11,27H,12H2,1H3,(H,26,28). The third-order valence-electron chi connectivity index (χ3n) is 4.09. The Morgan fingerprint density at radius 3 is 2.53 bits per heavy atom. The molecule has 1 aromatic heterocycles. The van der Waals surface area contributed by atoms with Crippen LogP contribution < -0.4 is 14.8 Å². The lowest BCUT2D eigenvalue weighted by Crippen LogP contribution is -2.14. The molecule has 2 N–H and O–H groups in total.